The number of rotatable bonds is 6. The van der Waals surface area contributed by atoms with E-state index in [4.69, 9.17) is 0 Å². The second kappa shape index (κ2) is 8.54. The first-order chi connectivity index (χ1) is 13.0. The van der Waals surface area contributed by atoms with Gasteiger partial charge in [0.25, 0.3) is 0 Å². The van der Waals surface area contributed by atoms with E-state index in [-0.39, 0.29) is 0 Å². The fourth-order valence-corrected chi connectivity index (χ4v) is 4.22. The number of aromatic nitrogens is 2. The second-order valence-electron chi connectivity index (χ2n) is 6.61. The minimum atomic E-state index is -0.566. The van der Waals surface area contributed by atoms with E-state index in [9.17, 15) is 5.11 Å². The average Bonchev–Trinajstić information content (AvgIpc) is 3.20. The molecule has 27 heavy (non-hydrogen) atoms. The zero-order valence-electron chi connectivity index (χ0n) is 16.3. The molecule has 0 fully saturated rings. The minimum Gasteiger partial charge on any atom is -0.386 e. The van der Waals surface area contributed by atoms with Crippen molar-refractivity contribution in [1.82, 2.24) is 20.4 Å². The van der Waals surface area contributed by atoms with Crippen LogP contribution < -0.4 is 10.6 Å². The number of nitrogens with zero attached hydrogens (tertiary/aromatic N) is 3. The first-order valence-electron chi connectivity index (χ1n) is 9.09. The molecule has 1 unspecified atom stereocenters. The highest BCUT2D eigenvalue weighted by molar-refractivity contribution is 7.19. The molecule has 0 bridgehead atoms. The molecule has 3 rings (SSSR count). The Morgan fingerprint density at radius 1 is 1.30 bits per heavy atom. The lowest BCUT2D eigenvalue weighted by molar-refractivity contribution is 0.184. The fraction of sp³-hybridized carbons (Fsp3) is 0.400. The molecular weight excluding hydrogens is 358 g/mol. The Morgan fingerprint density at radius 3 is 2.74 bits per heavy atom. The fourth-order valence-electron chi connectivity index (χ4n) is 3.17. The number of aliphatic hydroxyl groups is 1. The van der Waals surface area contributed by atoms with Crippen LogP contribution in [0.5, 0.6) is 0 Å². The lowest BCUT2D eigenvalue weighted by Gasteiger charge is -2.14. The molecule has 0 aliphatic carbocycles. The molecular formula is C20H27N5OS. The average molecular weight is 386 g/mol. The normalized spacial score (nSPS) is 13.1. The molecule has 3 aromatic rings. The highest BCUT2D eigenvalue weighted by Crippen LogP contribution is 2.29. The third kappa shape index (κ3) is 4.48. The van der Waals surface area contributed by atoms with Crippen LogP contribution in [0.25, 0.3) is 10.1 Å². The first kappa shape index (κ1) is 19.4. The summed E-state index contributed by atoms with van der Waals surface area (Å²) in [5, 5.41) is 22.6. The number of fused-ring (bicyclic) bond motifs is 1. The topological polar surface area (TPSA) is 74.5 Å². The molecule has 1 atom stereocenters. The van der Waals surface area contributed by atoms with Gasteiger partial charge in [-0.3, -0.25) is 9.67 Å². The SMILES string of the molecule is CN=C(NCCc1c(C)nn(C)c1C)NCC(O)c1cc2ccccc2s1. The van der Waals surface area contributed by atoms with Gasteiger partial charge in [-0.1, -0.05) is 18.2 Å². The molecule has 7 heteroatoms. The van der Waals surface area contributed by atoms with Crippen LogP contribution in [0.4, 0.5) is 0 Å². The number of aliphatic hydroxyl groups excluding tert-OH is 1. The zero-order chi connectivity index (χ0) is 19.4. The van der Waals surface area contributed by atoms with Crippen molar-refractivity contribution < 1.29 is 5.11 Å². The Hall–Kier alpha value is -2.38. The smallest absolute Gasteiger partial charge is 0.191 e. The van der Waals surface area contributed by atoms with Gasteiger partial charge in [0.15, 0.2) is 5.96 Å². The number of aryl methyl sites for hydroxylation is 2. The molecule has 1 aromatic carbocycles. The van der Waals surface area contributed by atoms with Gasteiger partial charge in [0.2, 0.25) is 0 Å². The Kier molecular flexibility index (Phi) is 6.13. The quantitative estimate of drug-likeness (QED) is 0.451. The van der Waals surface area contributed by atoms with Crippen LogP contribution in [0.15, 0.2) is 35.3 Å². The summed E-state index contributed by atoms with van der Waals surface area (Å²) in [7, 11) is 3.71. The van der Waals surface area contributed by atoms with E-state index in [1.54, 1.807) is 18.4 Å². The second-order valence-corrected chi connectivity index (χ2v) is 7.72. The zero-order valence-corrected chi connectivity index (χ0v) is 17.1. The Labute approximate surface area is 163 Å². The van der Waals surface area contributed by atoms with Gasteiger partial charge in [0.1, 0.15) is 6.10 Å². The van der Waals surface area contributed by atoms with Crippen LogP contribution in [-0.2, 0) is 13.5 Å². The molecule has 3 N–H and O–H groups in total. The van der Waals surface area contributed by atoms with Gasteiger partial charge in [-0.2, -0.15) is 5.10 Å². The summed E-state index contributed by atoms with van der Waals surface area (Å²) in [6.45, 7) is 5.30. The number of nitrogens with one attached hydrogen (secondary N) is 2. The molecule has 0 saturated carbocycles. The Bertz CT molecular complexity index is 910. The summed E-state index contributed by atoms with van der Waals surface area (Å²) in [5.74, 6) is 0.689. The van der Waals surface area contributed by atoms with Gasteiger partial charge in [0, 0.05) is 42.5 Å². The third-order valence-corrected chi connectivity index (χ3v) is 6.00. The molecule has 2 heterocycles. The molecule has 2 aromatic heterocycles. The number of hydrogen-bond donors (Lipinski definition) is 3. The van der Waals surface area contributed by atoms with Crippen molar-refractivity contribution in [3.8, 4) is 0 Å². The van der Waals surface area contributed by atoms with Crippen molar-refractivity contribution in [3.05, 3.63) is 52.2 Å². The van der Waals surface area contributed by atoms with Crippen molar-refractivity contribution in [3.63, 3.8) is 0 Å². The lowest BCUT2D eigenvalue weighted by Crippen LogP contribution is -2.40. The molecule has 0 amide bonds. The van der Waals surface area contributed by atoms with Crippen LogP contribution in [0.2, 0.25) is 0 Å². The molecule has 0 radical (unpaired) electrons. The minimum absolute atomic E-state index is 0.414. The van der Waals surface area contributed by atoms with Crippen molar-refractivity contribution in [2.45, 2.75) is 26.4 Å². The summed E-state index contributed by atoms with van der Waals surface area (Å²) >= 11 is 1.63. The van der Waals surface area contributed by atoms with Crippen LogP contribution >= 0.6 is 11.3 Å². The van der Waals surface area contributed by atoms with Crippen LogP contribution in [-0.4, -0.2) is 41.0 Å². The third-order valence-electron chi connectivity index (χ3n) is 4.79. The van der Waals surface area contributed by atoms with E-state index >= 15 is 0 Å². The molecule has 0 saturated heterocycles. The van der Waals surface area contributed by atoms with Crippen molar-refractivity contribution in [2.24, 2.45) is 12.0 Å². The molecule has 144 valence electrons. The largest absolute Gasteiger partial charge is 0.386 e. The van der Waals surface area contributed by atoms with E-state index in [1.165, 1.54) is 21.3 Å². The van der Waals surface area contributed by atoms with E-state index in [0.717, 1.165) is 23.5 Å². The number of thiophene rings is 1. The molecule has 0 aliphatic heterocycles. The van der Waals surface area contributed by atoms with E-state index in [2.05, 4.69) is 45.8 Å². The highest BCUT2D eigenvalue weighted by atomic mass is 32.1. The predicted molar refractivity (Wildman–Crippen MR) is 113 cm³/mol. The van der Waals surface area contributed by atoms with Crippen LogP contribution in [0.3, 0.4) is 0 Å². The monoisotopic (exact) mass is 385 g/mol. The molecule has 0 spiro atoms. The molecule has 0 aliphatic rings. The van der Waals surface area contributed by atoms with Crippen molar-refractivity contribution in [1.29, 1.82) is 0 Å². The van der Waals surface area contributed by atoms with E-state index in [1.807, 2.05) is 30.8 Å². The van der Waals surface area contributed by atoms with Crippen LogP contribution in [0.1, 0.15) is 27.9 Å². The predicted octanol–water partition coefficient (Wildman–Crippen LogP) is 2.69. The summed E-state index contributed by atoms with van der Waals surface area (Å²) in [5.41, 5.74) is 3.53. The summed E-state index contributed by atoms with van der Waals surface area (Å²) < 4.78 is 3.11. The highest BCUT2D eigenvalue weighted by Gasteiger charge is 2.13. The number of guanidine groups is 1. The summed E-state index contributed by atoms with van der Waals surface area (Å²) in [6, 6.07) is 10.2. The lowest BCUT2D eigenvalue weighted by atomic mass is 10.1. The van der Waals surface area contributed by atoms with Gasteiger partial charge < -0.3 is 15.7 Å². The Morgan fingerprint density at radius 2 is 2.07 bits per heavy atom. The van der Waals surface area contributed by atoms with Crippen molar-refractivity contribution in [2.75, 3.05) is 20.1 Å². The number of aliphatic imine (C=N–C) groups is 1. The maximum Gasteiger partial charge on any atom is 0.191 e. The number of benzene rings is 1. The standard InChI is InChI=1S/C20H27N5OS/c1-13-16(14(2)25(4)24-13)9-10-22-20(21-3)23-12-17(26)19-11-15-7-5-6-8-18(15)27-19/h5-8,11,17,26H,9-10,12H2,1-4H3,(H2,21,22,23). The maximum atomic E-state index is 10.5. The van der Waals surface area contributed by atoms with Gasteiger partial charge in [-0.05, 0) is 43.4 Å². The van der Waals surface area contributed by atoms with E-state index < -0.39 is 6.10 Å². The van der Waals surface area contributed by atoms with Gasteiger partial charge >= 0.3 is 0 Å². The maximum absolute atomic E-state index is 10.5. The first-order valence-corrected chi connectivity index (χ1v) is 9.91. The Balaban J connectivity index is 1.51. The van der Waals surface area contributed by atoms with Gasteiger partial charge in [-0.15, -0.1) is 11.3 Å². The molecule has 6 nitrogen and oxygen atoms in total. The summed E-state index contributed by atoms with van der Waals surface area (Å²) in [4.78, 5) is 5.20. The van der Waals surface area contributed by atoms with Crippen LogP contribution in [0, 0.1) is 13.8 Å². The number of hydrogen-bond acceptors (Lipinski definition) is 4. The van der Waals surface area contributed by atoms with E-state index in [0.29, 0.717) is 12.5 Å². The summed E-state index contributed by atoms with van der Waals surface area (Å²) in [6.07, 6.45) is 0.314. The van der Waals surface area contributed by atoms with Gasteiger partial charge in [0.05, 0.1) is 5.69 Å². The van der Waals surface area contributed by atoms with Gasteiger partial charge in [-0.25, -0.2) is 0 Å². The van der Waals surface area contributed by atoms with Crippen molar-refractivity contribution >= 4 is 27.4 Å².